The Labute approximate surface area is 85.1 Å². The van der Waals surface area contributed by atoms with Gasteiger partial charge in [0.1, 0.15) is 0 Å². The van der Waals surface area contributed by atoms with Crippen molar-refractivity contribution in [2.45, 2.75) is 13.0 Å². The Morgan fingerprint density at radius 1 is 1.08 bits per heavy atom. The molecule has 0 bridgehead atoms. The van der Waals surface area contributed by atoms with Crippen molar-refractivity contribution in [3.05, 3.63) is 29.8 Å². The zero-order valence-electron chi connectivity index (χ0n) is 6.86. The van der Waals surface area contributed by atoms with Gasteiger partial charge in [-0.3, -0.25) is 0 Å². The summed E-state index contributed by atoms with van der Waals surface area (Å²) in [5, 5.41) is 0. The third kappa shape index (κ3) is 3.81. The van der Waals surface area contributed by atoms with Gasteiger partial charge in [0.15, 0.2) is 0 Å². The predicted octanol–water partition coefficient (Wildman–Crippen LogP) is 2.13. The summed E-state index contributed by atoms with van der Waals surface area (Å²) in [4.78, 5) is 0. The summed E-state index contributed by atoms with van der Waals surface area (Å²) in [6.07, 6.45) is 0. The molecule has 1 aromatic rings. The van der Waals surface area contributed by atoms with Gasteiger partial charge in [0.05, 0.1) is 0 Å². The normalized spacial score (nSPS) is 10.8. The van der Waals surface area contributed by atoms with E-state index in [9.17, 15) is 0 Å². The highest BCUT2D eigenvalue weighted by Gasteiger charge is 1.95. The molecule has 1 aromatic carbocycles. The van der Waals surface area contributed by atoms with Crippen LogP contribution < -0.4 is 11.5 Å². The first-order chi connectivity index (χ1) is 4.70. The molecule has 0 unspecified atom stereocenters. The first-order valence-corrected chi connectivity index (χ1v) is 3.31. The maximum absolute atomic E-state index is 5.62. The van der Waals surface area contributed by atoms with Crippen molar-refractivity contribution in [1.82, 2.24) is 0 Å². The molecular formula is C8H14Cl2N2. The number of benzene rings is 1. The highest BCUT2D eigenvalue weighted by Crippen LogP contribution is 2.10. The van der Waals surface area contributed by atoms with Gasteiger partial charge in [0.2, 0.25) is 0 Å². The molecule has 1 rings (SSSR count). The van der Waals surface area contributed by atoms with E-state index in [1.807, 2.05) is 31.2 Å². The second kappa shape index (κ2) is 6.12. The number of halogens is 2. The van der Waals surface area contributed by atoms with Crippen molar-refractivity contribution in [3.63, 3.8) is 0 Å². The van der Waals surface area contributed by atoms with Gasteiger partial charge in [0, 0.05) is 11.7 Å². The molecule has 0 spiro atoms. The Bertz CT molecular complexity index is 209. The van der Waals surface area contributed by atoms with Crippen LogP contribution in [0.1, 0.15) is 18.5 Å². The molecule has 2 nitrogen and oxygen atoms in total. The van der Waals surface area contributed by atoms with Gasteiger partial charge in [-0.1, -0.05) is 12.1 Å². The Morgan fingerprint density at radius 2 is 1.50 bits per heavy atom. The van der Waals surface area contributed by atoms with E-state index in [0.29, 0.717) is 0 Å². The van der Waals surface area contributed by atoms with E-state index in [2.05, 4.69) is 0 Å². The van der Waals surface area contributed by atoms with Gasteiger partial charge in [-0.15, -0.1) is 24.8 Å². The minimum Gasteiger partial charge on any atom is -0.399 e. The molecule has 0 amide bonds. The highest BCUT2D eigenvalue weighted by molar-refractivity contribution is 5.85. The molecule has 4 N–H and O–H groups in total. The minimum absolute atomic E-state index is 0. The second-order valence-electron chi connectivity index (χ2n) is 2.46. The summed E-state index contributed by atoms with van der Waals surface area (Å²) in [6, 6.07) is 7.71. The Balaban J connectivity index is 0. The first kappa shape index (κ1) is 14.1. The van der Waals surface area contributed by atoms with E-state index in [0.717, 1.165) is 11.3 Å². The lowest BCUT2D eigenvalue weighted by Crippen LogP contribution is -2.04. The lowest BCUT2D eigenvalue weighted by atomic mass is 10.1. The number of nitrogen functional groups attached to an aromatic ring is 1. The van der Waals surface area contributed by atoms with Crippen molar-refractivity contribution in [2.75, 3.05) is 5.73 Å². The van der Waals surface area contributed by atoms with E-state index in [-0.39, 0.29) is 30.9 Å². The van der Waals surface area contributed by atoms with Crippen LogP contribution in [0, 0.1) is 0 Å². The summed E-state index contributed by atoms with van der Waals surface area (Å²) in [5.41, 5.74) is 13.0. The molecule has 0 aliphatic rings. The third-order valence-electron chi connectivity index (χ3n) is 1.46. The predicted molar refractivity (Wildman–Crippen MR) is 58.0 cm³/mol. The topological polar surface area (TPSA) is 52.0 Å². The second-order valence-corrected chi connectivity index (χ2v) is 2.46. The van der Waals surface area contributed by atoms with E-state index in [1.165, 1.54) is 0 Å². The fourth-order valence-electron chi connectivity index (χ4n) is 0.800. The molecule has 4 heteroatoms. The van der Waals surface area contributed by atoms with Crippen LogP contribution in [-0.2, 0) is 0 Å². The zero-order chi connectivity index (χ0) is 7.56. The van der Waals surface area contributed by atoms with Crippen molar-refractivity contribution in [1.29, 1.82) is 0 Å². The lowest BCUT2D eigenvalue weighted by Gasteiger charge is -2.03. The third-order valence-corrected chi connectivity index (χ3v) is 1.46. The largest absolute Gasteiger partial charge is 0.399 e. The van der Waals surface area contributed by atoms with Crippen molar-refractivity contribution in [2.24, 2.45) is 5.73 Å². The van der Waals surface area contributed by atoms with Crippen molar-refractivity contribution in [3.8, 4) is 0 Å². The van der Waals surface area contributed by atoms with Crippen LogP contribution in [0.4, 0.5) is 5.69 Å². The average Bonchev–Trinajstić information content (AvgIpc) is 1.88. The molecule has 12 heavy (non-hydrogen) atoms. The number of anilines is 1. The average molecular weight is 209 g/mol. The van der Waals surface area contributed by atoms with Crippen molar-refractivity contribution >= 4 is 30.5 Å². The van der Waals surface area contributed by atoms with E-state index < -0.39 is 0 Å². The van der Waals surface area contributed by atoms with Crippen LogP contribution in [0.5, 0.6) is 0 Å². The van der Waals surface area contributed by atoms with E-state index in [1.54, 1.807) is 0 Å². The van der Waals surface area contributed by atoms with Gasteiger partial charge < -0.3 is 11.5 Å². The van der Waals surface area contributed by atoms with Gasteiger partial charge in [0.25, 0.3) is 0 Å². The highest BCUT2D eigenvalue weighted by atomic mass is 35.5. The monoisotopic (exact) mass is 208 g/mol. The van der Waals surface area contributed by atoms with Crippen LogP contribution in [0.15, 0.2) is 24.3 Å². The lowest BCUT2D eigenvalue weighted by molar-refractivity contribution is 0.818. The molecule has 0 heterocycles. The summed E-state index contributed by atoms with van der Waals surface area (Å²) >= 11 is 0. The first-order valence-electron chi connectivity index (χ1n) is 3.31. The molecule has 1 atom stereocenters. The molecule has 0 fully saturated rings. The molecule has 0 aromatic heterocycles. The fraction of sp³-hybridized carbons (Fsp3) is 0.250. The standard InChI is InChI=1S/C8H12N2.2ClH/c1-6(9)7-2-4-8(10)5-3-7;;/h2-6H,9-10H2,1H3;2*1H/t6-;;/m1../s1. The minimum atomic E-state index is 0. The van der Waals surface area contributed by atoms with Crippen LogP contribution in [0.3, 0.4) is 0 Å². The Morgan fingerprint density at radius 3 is 1.83 bits per heavy atom. The van der Waals surface area contributed by atoms with Gasteiger partial charge in [-0.25, -0.2) is 0 Å². The molecule has 0 aliphatic heterocycles. The molecule has 70 valence electrons. The Hall–Kier alpha value is -0.440. The maximum atomic E-state index is 5.62. The van der Waals surface area contributed by atoms with Crippen LogP contribution in [-0.4, -0.2) is 0 Å². The summed E-state index contributed by atoms with van der Waals surface area (Å²) < 4.78 is 0. The number of hydrogen-bond donors (Lipinski definition) is 2. The summed E-state index contributed by atoms with van der Waals surface area (Å²) in [5.74, 6) is 0. The number of rotatable bonds is 1. The van der Waals surface area contributed by atoms with Crippen molar-refractivity contribution < 1.29 is 0 Å². The Kier molecular flexibility index (Phi) is 7.19. The molecular weight excluding hydrogens is 195 g/mol. The quantitative estimate of drug-likeness (QED) is 0.696. The van der Waals surface area contributed by atoms with E-state index >= 15 is 0 Å². The van der Waals surface area contributed by atoms with Gasteiger partial charge in [-0.2, -0.15) is 0 Å². The molecule has 0 aliphatic carbocycles. The molecule has 0 radical (unpaired) electrons. The zero-order valence-corrected chi connectivity index (χ0v) is 8.49. The maximum Gasteiger partial charge on any atom is 0.0314 e. The smallest absolute Gasteiger partial charge is 0.0314 e. The van der Waals surface area contributed by atoms with Gasteiger partial charge >= 0.3 is 0 Å². The van der Waals surface area contributed by atoms with E-state index in [4.69, 9.17) is 11.5 Å². The van der Waals surface area contributed by atoms with Crippen LogP contribution in [0.25, 0.3) is 0 Å². The number of nitrogens with two attached hydrogens (primary N) is 2. The molecule has 0 saturated carbocycles. The molecule has 0 saturated heterocycles. The summed E-state index contributed by atoms with van der Waals surface area (Å²) in [7, 11) is 0. The fourth-order valence-corrected chi connectivity index (χ4v) is 0.800. The number of hydrogen-bond acceptors (Lipinski definition) is 2. The van der Waals surface area contributed by atoms with Crippen LogP contribution in [0.2, 0.25) is 0 Å². The van der Waals surface area contributed by atoms with Gasteiger partial charge in [-0.05, 0) is 24.6 Å². The van der Waals surface area contributed by atoms with Crippen LogP contribution >= 0.6 is 24.8 Å². The SMILES string of the molecule is C[C@@H](N)c1ccc(N)cc1.Cl.Cl. The summed E-state index contributed by atoms with van der Waals surface area (Å²) in [6.45, 7) is 1.95.